The highest BCUT2D eigenvalue weighted by Gasteiger charge is 2.15. The van der Waals surface area contributed by atoms with E-state index in [-0.39, 0.29) is 24.5 Å². The predicted octanol–water partition coefficient (Wildman–Crippen LogP) is 3.29. The zero-order valence-corrected chi connectivity index (χ0v) is 13.8. The lowest BCUT2D eigenvalue weighted by molar-refractivity contribution is -0.123. The Hall–Kier alpha value is -0.970. The van der Waals surface area contributed by atoms with Gasteiger partial charge in [0.25, 0.3) is 5.91 Å². The van der Waals surface area contributed by atoms with Crippen molar-refractivity contribution in [2.45, 2.75) is 26.7 Å². The second-order valence-electron chi connectivity index (χ2n) is 5.64. The van der Waals surface area contributed by atoms with Gasteiger partial charge in [0.15, 0.2) is 6.61 Å². The molecule has 6 heteroatoms. The van der Waals surface area contributed by atoms with Crippen molar-refractivity contribution in [1.29, 1.82) is 0 Å². The smallest absolute Gasteiger partial charge is 0.257 e. The second kappa shape index (κ2) is 8.47. The number of hydrogen-bond donors (Lipinski definition) is 2. The topological polar surface area (TPSA) is 58.6 Å². The van der Waals surface area contributed by atoms with E-state index >= 15 is 0 Å². The molecule has 0 saturated carbocycles. The van der Waals surface area contributed by atoms with Crippen LogP contribution in [0.25, 0.3) is 0 Å². The van der Waals surface area contributed by atoms with Gasteiger partial charge in [-0.3, -0.25) is 4.79 Å². The SMILES string of the molecule is CC(C)(CO)CCCNC(=O)COc1ccc(Cl)cc1Cl. The molecule has 1 amide bonds. The van der Waals surface area contributed by atoms with E-state index in [2.05, 4.69) is 5.32 Å². The van der Waals surface area contributed by atoms with Crippen LogP contribution in [0.1, 0.15) is 26.7 Å². The van der Waals surface area contributed by atoms with Crippen molar-refractivity contribution >= 4 is 29.1 Å². The molecule has 2 N–H and O–H groups in total. The van der Waals surface area contributed by atoms with Gasteiger partial charge in [-0.05, 0) is 36.5 Å². The number of halogens is 2. The quantitative estimate of drug-likeness (QED) is 0.717. The van der Waals surface area contributed by atoms with Crippen molar-refractivity contribution in [2.75, 3.05) is 19.8 Å². The maximum Gasteiger partial charge on any atom is 0.257 e. The molecule has 0 aliphatic heterocycles. The highest BCUT2D eigenvalue weighted by molar-refractivity contribution is 6.35. The molecular formula is C15H21Cl2NO3. The summed E-state index contributed by atoms with van der Waals surface area (Å²) in [4.78, 5) is 11.6. The molecule has 118 valence electrons. The molecule has 0 saturated heterocycles. The van der Waals surface area contributed by atoms with Gasteiger partial charge < -0.3 is 15.2 Å². The Balaban J connectivity index is 2.25. The van der Waals surface area contributed by atoms with Crippen molar-refractivity contribution in [3.8, 4) is 5.75 Å². The first-order valence-electron chi connectivity index (χ1n) is 6.79. The summed E-state index contributed by atoms with van der Waals surface area (Å²) in [5.74, 6) is 0.223. The monoisotopic (exact) mass is 333 g/mol. The van der Waals surface area contributed by atoms with E-state index in [4.69, 9.17) is 33.0 Å². The minimum atomic E-state index is -0.206. The lowest BCUT2D eigenvalue weighted by atomic mass is 9.89. The van der Waals surface area contributed by atoms with Crippen molar-refractivity contribution < 1.29 is 14.6 Å². The fourth-order valence-electron chi connectivity index (χ4n) is 1.66. The van der Waals surface area contributed by atoms with Crippen molar-refractivity contribution in [1.82, 2.24) is 5.32 Å². The van der Waals surface area contributed by atoms with Gasteiger partial charge in [0.05, 0.1) is 5.02 Å². The molecule has 4 nitrogen and oxygen atoms in total. The van der Waals surface area contributed by atoms with Crippen LogP contribution in [0.4, 0.5) is 0 Å². The van der Waals surface area contributed by atoms with E-state index in [9.17, 15) is 4.79 Å². The Bertz CT molecular complexity index is 478. The Morgan fingerprint density at radius 3 is 2.71 bits per heavy atom. The van der Waals surface area contributed by atoms with Crippen LogP contribution in [0.3, 0.4) is 0 Å². The molecule has 1 aromatic rings. The summed E-state index contributed by atoms with van der Waals surface area (Å²) in [6, 6.07) is 4.84. The van der Waals surface area contributed by atoms with E-state index in [1.54, 1.807) is 18.2 Å². The van der Waals surface area contributed by atoms with Crippen LogP contribution >= 0.6 is 23.2 Å². The summed E-state index contributed by atoms with van der Waals surface area (Å²) in [5, 5.41) is 12.8. The van der Waals surface area contributed by atoms with E-state index in [1.807, 2.05) is 13.8 Å². The molecule has 0 unspecified atom stereocenters. The van der Waals surface area contributed by atoms with Crippen LogP contribution in [-0.2, 0) is 4.79 Å². The molecule has 21 heavy (non-hydrogen) atoms. The normalized spacial score (nSPS) is 11.3. The Kier molecular flexibility index (Phi) is 7.29. The van der Waals surface area contributed by atoms with Gasteiger partial charge in [0.1, 0.15) is 5.75 Å². The third kappa shape index (κ3) is 7.02. The number of aliphatic hydroxyl groups excluding tert-OH is 1. The van der Waals surface area contributed by atoms with Crippen molar-refractivity contribution in [3.63, 3.8) is 0 Å². The van der Waals surface area contributed by atoms with Gasteiger partial charge >= 0.3 is 0 Å². The van der Waals surface area contributed by atoms with Crippen LogP contribution in [0, 0.1) is 5.41 Å². The lowest BCUT2D eigenvalue weighted by Gasteiger charge is -2.21. The first kappa shape index (κ1) is 18.1. The van der Waals surface area contributed by atoms with Crippen LogP contribution in [0.5, 0.6) is 5.75 Å². The molecule has 1 rings (SSSR count). The first-order valence-corrected chi connectivity index (χ1v) is 7.55. The van der Waals surface area contributed by atoms with Gasteiger partial charge in [-0.2, -0.15) is 0 Å². The van der Waals surface area contributed by atoms with Gasteiger partial charge in [-0.25, -0.2) is 0 Å². The third-order valence-electron chi connectivity index (χ3n) is 3.03. The van der Waals surface area contributed by atoms with Crippen molar-refractivity contribution in [2.24, 2.45) is 5.41 Å². The number of rotatable bonds is 8. The molecule has 0 spiro atoms. The summed E-state index contributed by atoms with van der Waals surface area (Å²) < 4.78 is 5.33. The van der Waals surface area contributed by atoms with Crippen molar-refractivity contribution in [3.05, 3.63) is 28.2 Å². The fraction of sp³-hybridized carbons (Fsp3) is 0.533. The van der Waals surface area contributed by atoms with Crippen LogP contribution in [0.15, 0.2) is 18.2 Å². The fourth-order valence-corrected chi connectivity index (χ4v) is 2.12. The zero-order chi connectivity index (χ0) is 15.9. The minimum Gasteiger partial charge on any atom is -0.482 e. The van der Waals surface area contributed by atoms with E-state index in [0.29, 0.717) is 22.3 Å². The molecule has 0 heterocycles. The standard InChI is InChI=1S/C15H21Cl2NO3/c1-15(2,10-19)6-3-7-18-14(20)9-21-13-5-4-11(16)8-12(13)17/h4-5,8,19H,3,6-7,9-10H2,1-2H3,(H,18,20). The minimum absolute atomic E-state index is 0.0925. The second-order valence-corrected chi connectivity index (χ2v) is 6.48. The zero-order valence-electron chi connectivity index (χ0n) is 12.3. The largest absolute Gasteiger partial charge is 0.482 e. The van der Waals surface area contributed by atoms with Crippen LogP contribution in [0.2, 0.25) is 10.0 Å². The number of nitrogens with one attached hydrogen (secondary N) is 1. The summed E-state index contributed by atoms with van der Waals surface area (Å²) in [6.45, 7) is 4.57. The average molecular weight is 334 g/mol. The molecule has 0 aliphatic rings. The summed E-state index contributed by atoms with van der Waals surface area (Å²) >= 11 is 11.7. The number of amides is 1. The van der Waals surface area contributed by atoms with Gasteiger partial charge in [-0.1, -0.05) is 37.0 Å². The van der Waals surface area contributed by atoms with Crippen LogP contribution in [-0.4, -0.2) is 30.8 Å². The number of carbonyl (C=O) groups is 1. The molecule has 1 aromatic carbocycles. The van der Waals surface area contributed by atoms with E-state index in [1.165, 1.54) is 0 Å². The molecule has 0 aliphatic carbocycles. The average Bonchev–Trinajstić information content (AvgIpc) is 2.43. The number of benzene rings is 1. The summed E-state index contributed by atoms with van der Waals surface area (Å²) in [5.41, 5.74) is -0.113. The lowest BCUT2D eigenvalue weighted by Crippen LogP contribution is -2.30. The van der Waals surface area contributed by atoms with Gasteiger partial charge in [-0.15, -0.1) is 0 Å². The first-order chi connectivity index (χ1) is 9.84. The molecular weight excluding hydrogens is 313 g/mol. The summed E-state index contributed by atoms with van der Waals surface area (Å²) in [7, 11) is 0. The van der Waals surface area contributed by atoms with Crippen LogP contribution < -0.4 is 10.1 Å². The van der Waals surface area contributed by atoms with E-state index in [0.717, 1.165) is 12.8 Å². The van der Waals surface area contributed by atoms with Gasteiger partial charge in [0.2, 0.25) is 0 Å². The molecule has 0 fully saturated rings. The molecule has 0 bridgehead atoms. The Morgan fingerprint density at radius 1 is 1.38 bits per heavy atom. The predicted molar refractivity (Wildman–Crippen MR) is 85.1 cm³/mol. The highest BCUT2D eigenvalue weighted by Crippen LogP contribution is 2.27. The third-order valence-corrected chi connectivity index (χ3v) is 3.56. The molecule has 0 aromatic heterocycles. The highest BCUT2D eigenvalue weighted by atomic mass is 35.5. The summed E-state index contributed by atoms with van der Waals surface area (Å²) in [6.07, 6.45) is 1.65. The number of aliphatic hydroxyl groups is 1. The molecule has 0 atom stereocenters. The van der Waals surface area contributed by atoms with E-state index < -0.39 is 0 Å². The number of hydrogen-bond acceptors (Lipinski definition) is 3. The maximum atomic E-state index is 11.6. The maximum absolute atomic E-state index is 11.6. The Morgan fingerprint density at radius 2 is 2.10 bits per heavy atom. The van der Waals surface area contributed by atoms with Gasteiger partial charge in [0, 0.05) is 18.2 Å². The Labute approximate surface area is 135 Å². The number of ether oxygens (including phenoxy) is 1. The number of carbonyl (C=O) groups excluding carboxylic acids is 1. The molecule has 0 radical (unpaired) electrons.